The van der Waals surface area contributed by atoms with Crippen molar-refractivity contribution in [3.8, 4) is 0 Å². The number of aryl methyl sites for hydroxylation is 1. The molecular formula is C9H12ClN7. The fourth-order valence-corrected chi connectivity index (χ4v) is 1.51. The van der Waals surface area contributed by atoms with Crippen molar-refractivity contribution in [2.75, 3.05) is 11.1 Å². The summed E-state index contributed by atoms with van der Waals surface area (Å²) in [5.41, 5.74) is 5.57. The molecule has 2 heterocycles. The molecule has 0 radical (unpaired) electrons. The van der Waals surface area contributed by atoms with Gasteiger partial charge in [0.15, 0.2) is 11.6 Å². The Labute approximate surface area is 103 Å². The lowest BCUT2D eigenvalue weighted by Gasteiger charge is -2.08. The molecule has 0 amide bonds. The summed E-state index contributed by atoms with van der Waals surface area (Å²) in [5.74, 6) is 1.55. The first-order valence-electron chi connectivity index (χ1n) is 5.09. The zero-order valence-electron chi connectivity index (χ0n) is 9.26. The number of nitrogens with one attached hydrogen (secondary N) is 1. The van der Waals surface area contributed by atoms with E-state index in [2.05, 4.69) is 25.5 Å². The first kappa shape index (κ1) is 11.6. The van der Waals surface area contributed by atoms with Crippen LogP contribution < -0.4 is 11.1 Å². The zero-order chi connectivity index (χ0) is 12.3. The van der Waals surface area contributed by atoms with Crippen LogP contribution in [0.5, 0.6) is 0 Å². The Morgan fingerprint density at radius 2 is 2.29 bits per heavy atom. The Bertz CT molecular complexity index is 510. The molecule has 0 atom stereocenters. The molecule has 0 aliphatic rings. The summed E-state index contributed by atoms with van der Waals surface area (Å²) in [6.07, 6.45) is 3.03. The SMILES string of the molecule is CCn1cnnc1CNc1ncnc(N)c1Cl. The highest BCUT2D eigenvalue weighted by Gasteiger charge is 2.08. The Kier molecular flexibility index (Phi) is 3.38. The minimum atomic E-state index is 0.251. The number of nitrogen functional groups attached to an aromatic ring is 1. The van der Waals surface area contributed by atoms with Gasteiger partial charge in [-0.1, -0.05) is 11.6 Å². The lowest BCUT2D eigenvalue weighted by molar-refractivity contribution is 0.707. The Morgan fingerprint density at radius 1 is 1.47 bits per heavy atom. The highest BCUT2D eigenvalue weighted by Crippen LogP contribution is 2.23. The van der Waals surface area contributed by atoms with E-state index < -0.39 is 0 Å². The lowest BCUT2D eigenvalue weighted by atomic mass is 10.5. The van der Waals surface area contributed by atoms with E-state index in [9.17, 15) is 0 Å². The fraction of sp³-hybridized carbons (Fsp3) is 0.333. The number of nitrogens with zero attached hydrogens (tertiary/aromatic N) is 5. The van der Waals surface area contributed by atoms with Crippen LogP contribution in [0.4, 0.5) is 11.6 Å². The standard InChI is InChI=1S/C9H12ClN7/c1-2-17-5-15-16-6(17)3-12-9-7(10)8(11)13-4-14-9/h4-5H,2-3H2,1H3,(H3,11,12,13,14). The summed E-state index contributed by atoms with van der Waals surface area (Å²) in [6.45, 7) is 3.30. The molecule has 0 spiro atoms. The topological polar surface area (TPSA) is 94.5 Å². The van der Waals surface area contributed by atoms with E-state index in [1.807, 2.05) is 11.5 Å². The molecule has 0 saturated heterocycles. The summed E-state index contributed by atoms with van der Waals surface area (Å²) in [7, 11) is 0. The predicted molar refractivity (Wildman–Crippen MR) is 64.5 cm³/mol. The number of nitrogens with two attached hydrogens (primary N) is 1. The van der Waals surface area contributed by atoms with Crippen LogP contribution in [0.3, 0.4) is 0 Å². The molecule has 2 aromatic rings. The van der Waals surface area contributed by atoms with Gasteiger partial charge < -0.3 is 15.6 Å². The maximum atomic E-state index is 5.95. The van der Waals surface area contributed by atoms with Gasteiger partial charge in [-0.25, -0.2) is 9.97 Å². The summed E-state index contributed by atoms with van der Waals surface area (Å²) in [6, 6.07) is 0. The fourth-order valence-electron chi connectivity index (χ4n) is 1.35. The third kappa shape index (κ3) is 2.44. The van der Waals surface area contributed by atoms with Crippen molar-refractivity contribution in [1.29, 1.82) is 0 Å². The molecule has 0 saturated carbocycles. The highest BCUT2D eigenvalue weighted by atomic mass is 35.5. The largest absolute Gasteiger partial charge is 0.382 e. The van der Waals surface area contributed by atoms with Crippen LogP contribution in [0.15, 0.2) is 12.7 Å². The second-order valence-electron chi connectivity index (χ2n) is 3.31. The maximum absolute atomic E-state index is 5.95. The molecule has 90 valence electrons. The summed E-state index contributed by atoms with van der Waals surface area (Å²) in [5, 5.41) is 11.2. The zero-order valence-corrected chi connectivity index (χ0v) is 10.0. The minimum Gasteiger partial charge on any atom is -0.382 e. The molecular weight excluding hydrogens is 242 g/mol. The monoisotopic (exact) mass is 253 g/mol. The first-order valence-corrected chi connectivity index (χ1v) is 5.46. The van der Waals surface area contributed by atoms with Gasteiger partial charge in [0.2, 0.25) is 0 Å². The Hall–Kier alpha value is -1.89. The van der Waals surface area contributed by atoms with Crippen LogP contribution >= 0.6 is 11.6 Å². The van der Waals surface area contributed by atoms with Gasteiger partial charge in [0.25, 0.3) is 0 Å². The van der Waals surface area contributed by atoms with Crippen LogP contribution in [-0.2, 0) is 13.1 Å². The number of hydrogen-bond acceptors (Lipinski definition) is 6. The maximum Gasteiger partial charge on any atom is 0.152 e. The predicted octanol–water partition coefficient (Wildman–Crippen LogP) is 0.936. The van der Waals surface area contributed by atoms with E-state index in [0.29, 0.717) is 17.4 Å². The molecule has 0 fully saturated rings. The van der Waals surface area contributed by atoms with Crippen molar-refractivity contribution in [1.82, 2.24) is 24.7 Å². The molecule has 17 heavy (non-hydrogen) atoms. The van der Waals surface area contributed by atoms with E-state index in [1.165, 1.54) is 6.33 Å². The van der Waals surface area contributed by atoms with Crippen molar-refractivity contribution in [3.05, 3.63) is 23.5 Å². The quantitative estimate of drug-likeness (QED) is 0.842. The molecule has 3 N–H and O–H groups in total. The smallest absolute Gasteiger partial charge is 0.152 e. The summed E-state index contributed by atoms with van der Waals surface area (Å²) in [4.78, 5) is 7.78. The first-order chi connectivity index (χ1) is 8.22. The molecule has 2 rings (SSSR count). The van der Waals surface area contributed by atoms with Gasteiger partial charge >= 0.3 is 0 Å². The molecule has 2 aromatic heterocycles. The van der Waals surface area contributed by atoms with Crippen molar-refractivity contribution in [3.63, 3.8) is 0 Å². The van der Waals surface area contributed by atoms with E-state index >= 15 is 0 Å². The van der Waals surface area contributed by atoms with Gasteiger partial charge in [0.05, 0.1) is 6.54 Å². The molecule has 0 unspecified atom stereocenters. The van der Waals surface area contributed by atoms with E-state index in [-0.39, 0.29) is 5.82 Å². The third-order valence-electron chi connectivity index (χ3n) is 2.27. The third-order valence-corrected chi connectivity index (χ3v) is 2.64. The number of halogens is 1. The number of aromatic nitrogens is 5. The van der Waals surface area contributed by atoms with Crippen molar-refractivity contribution in [2.24, 2.45) is 0 Å². The van der Waals surface area contributed by atoms with Crippen LogP contribution in [0.1, 0.15) is 12.7 Å². The highest BCUT2D eigenvalue weighted by molar-refractivity contribution is 6.35. The molecule has 0 aliphatic carbocycles. The molecule has 0 aromatic carbocycles. The van der Waals surface area contributed by atoms with E-state index in [1.54, 1.807) is 6.33 Å². The lowest BCUT2D eigenvalue weighted by Crippen LogP contribution is -2.09. The molecule has 7 nitrogen and oxygen atoms in total. The van der Waals surface area contributed by atoms with Crippen molar-refractivity contribution in [2.45, 2.75) is 20.0 Å². The van der Waals surface area contributed by atoms with Crippen LogP contribution in [0.2, 0.25) is 5.02 Å². The number of hydrogen-bond donors (Lipinski definition) is 2. The second kappa shape index (κ2) is 4.96. The second-order valence-corrected chi connectivity index (χ2v) is 3.69. The van der Waals surface area contributed by atoms with Crippen LogP contribution in [-0.4, -0.2) is 24.7 Å². The van der Waals surface area contributed by atoms with Crippen molar-refractivity contribution < 1.29 is 0 Å². The van der Waals surface area contributed by atoms with Crippen LogP contribution in [0, 0.1) is 0 Å². The van der Waals surface area contributed by atoms with Gasteiger partial charge in [0, 0.05) is 6.54 Å². The van der Waals surface area contributed by atoms with Gasteiger partial charge in [-0.05, 0) is 6.92 Å². The Balaban J connectivity index is 2.10. The Morgan fingerprint density at radius 3 is 3.06 bits per heavy atom. The van der Waals surface area contributed by atoms with E-state index in [0.717, 1.165) is 12.4 Å². The molecule has 8 heteroatoms. The molecule has 0 bridgehead atoms. The van der Waals surface area contributed by atoms with Crippen molar-refractivity contribution >= 4 is 23.2 Å². The summed E-state index contributed by atoms with van der Waals surface area (Å²) >= 11 is 5.95. The number of anilines is 2. The van der Waals surface area contributed by atoms with Gasteiger partial charge in [-0.2, -0.15) is 0 Å². The average molecular weight is 254 g/mol. The van der Waals surface area contributed by atoms with E-state index in [4.69, 9.17) is 17.3 Å². The molecule has 0 aliphatic heterocycles. The number of rotatable bonds is 4. The van der Waals surface area contributed by atoms with Crippen LogP contribution in [0.25, 0.3) is 0 Å². The normalized spacial score (nSPS) is 10.5. The van der Waals surface area contributed by atoms with Gasteiger partial charge in [-0.15, -0.1) is 10.2 Å². The average Bonchev–Trinajstić information content (AvgIpc) is 2.78. The van der Waals surface area contributed by atoms with Gasteiger partial charge in [-0.3, -0.25) is 0 Å². The minimum absolute atomic E-state index is 0.251. The summed E-state index contributed by atoms with van der Waals surface area (Å²) < 4.78 is 1.92. The van der Waals surface area contributed by atoms with Gasteiger partial charge in [0.1, 0.15) is 23.5 Å².